The van der Waals surface area contributed by atoms with Gasteiger partial charge in [0, 0.05) is 5.39 Å². The van der Waals surface area contributed by atoms with Crippen molar-refractivity contribution in [2.24, 2.45) is 0 Å². The number of rotatable bonds is 6. The Morgan fingerprint density at radius 2 is 1.84 bits per heavy atom. The van der Waals surface area contributed by atoms with Crippen LogP contribution in [0.5, 0.6) is 5.75 Å². The molecule has 1 aromatic heterocycles. The number of para-hydroxylation sites is 1. The SMILES string of the molecule is COc1ccc(C(CO)N(C)Cc2nc(N)c3ccccc3n2)cc1. The predicted octanol–water partition coefficient (Wildman–Crippen LogP) is 2.39. The number of likely N-dealkylation sites (N-methyl/N-ethyl adjacent to an activating group) is 1. The monoisotopic (exact) mass is 338 g/mol. The van der Waals surface area contributed by atoms with E-state index in [0.29, 0.717) is 18.2 Å². The average Bonchev–Trinajstić information content (AvgIpc) is 2.63. The van der Waals surface area contributed by atoms with Gasteiger partial charge in [-0.2, -0.15) is 0 Å². The number of nitrogen functional groups attached to an aromatic ring is 1. The van der Waals surface area contributed by atoms with Gasteiger partial charge in [0.2, 0.25) is 0 Å². The van der Waals surface area contributed by atoms with Crippen LogP contribution < -0.4 is 10.5 Å². The maximum atomic E-state index is 9.84. The smallest absolute Gasteiger partial charge is 0.145 e. The first-order chi connectivity index (χ1) is 12.1. The zero-order valence-corrected chi connectivity index (χ0v) is 14.4. The molecular weight excluding hydrogens is 316 g/mol. The molecule has 0 radical (unpaired) electrons. The van der Waals surface area contributed by atoms with Gasteiger partial charge in [-0.1, -0.05) is 24.3 Å². The Balaban J connectivity index is 1.82. The lowest BCUT2D eigenvalue weighted by Crippen LogP contribution is -2.28. The van der Waals surface area contributed by atoms with E-state index in [1.165, 1.54) is 0 Å². The Bertz CT molecular complexity index is 852. The molecule has 6 nitrogen and oxygen atoms in total. The first kappa shape index (κ1) is 17.1. The minimum Gasteiger partial charge on any atom is -0.497 e. The van der Waals surface area contributed by atoms with E-state index in [1.54, 1.807) is 7.11 Å². The maximum absolute atomic E-state index is 9.84. The van der Waals surface area contributed by atoms with Gasteiger partial charge in [-0.15, -0.1) is 0 Å². The molecule has 6 heteroatoms. The lowest BCUT2D eigenvalue weighted by Gasteiger charge is -2.26. The van der Waals surface area contributed by atoms with Gasteiger partial charge in [0.15, 0.2) is 0 Å². The molecule has 0 saturated carbocycles. The first-order valence-corrected chi connectivity index (χ1v) is 8.08. The van der Waals surface area contributed by atoms with Crippen molar-refractivity contribution >= 4 is 16.7 Å². The number of ether oxygens (including phenoxy) is 1. The van der Waals surface area contributed by atoms with Crippen LogP contribution in [0.1, 0.15) is 17.4 Å². The van der Waals surface area contributed by atoms with E-state index in [4.69, 9.17) is 10.5 Å². The topological polar surface area (TPSA) is 84.5 Å². The lowest BCUT2D eigenvalue weighted by atomic mass is 10.1. The Hall–Kier alpha value is -2.70. The molecule has 0 spiro atoms. The van der Waals surface area contributed by atoms with E-state index in [0.717, 1.165) is 22.2 Å². The molecule has 0 saturated heterocycles. The summed E-state index contributed by atoms with van der Waals surface area (Å²) in [5, 5.41) is 10.7. The first-order valence-electron chi connectivity index (χ1n) is 8.08. The largest absolute Gasteiger partial charge is 0.497 e. The van der Waals surface area contributed by atoms with Crippen LogP contribution in [0.4, 0.5) is 5.82 Å². The fourth-order valence-electron chi connectivity index (χ4n) is 2.88. The summed E-state index contributed by atoms with van der Waals surface area (Å²) in [6.45, 7) is 0.470. The Labute approximate surface area is 146 Å². The third-order valence-corrected chi connectivity index (χ3v) is 4.28. The van der Waals surface area contributed by atoms with Crippen LogP contribution >= 0.6 is 0 Å². The summed E-state index contributed by atoms with van der Waals surface area (Å²) in [4.78, 5) is 11.0. The lowest BCUT2D eigenvalue weighted by molar-refractivity contribution is 0.140. The van der Waals surface area contributed by atoms with E-state index in [-0.39, 0.29) is 12.6 Å². The highest BCUT2D eigenvalue weighted by Crippen LogP contribution is 2.24. The van der Waals surface area contributed by atoms with Crippen LogP contribution in [-0.2, 0) is 6.54 Å². The Morgan fingerprint density at radius 3 is 2.52 bits per heavy atom. The van der Waals surface area contributed by atoms with E-state index in [1.807, 2.05) is 60.5 Å². The van der Waals surface area contributed by atoms with Crippen molar-refractivity contribution in [2.45, 2.75) is 12.6 Å². The number of anilines is 1. The van der Waals surface area contributed by atoms with Gasteiger partial charge in [-0.3, -0.25) is 4.90 Å². The van der Waals surface area contributed by atoms with Crippen LogP contribution in [0.3, 0.4) is 0 Å². The standard InChI is InChI=1S/C19H22N4O2/c1-23(17(12-24)13-7-9-14(25-2)10-8-13)11-18-21-16-6-4-3-5-15(16)19(20)22-18/h3-10,17,24H,11-12H2,1-2H3,(H2,20,21,22). The summed E-state index contributed by atoms with van der Waals surface area (Å²) in [6.07, 6.45) is 0. The van der Waals surface area contributed by atoms with Crippen molar-refractivity contribution in [3.63, 3.8) is 0 Å². The van der Waals surface area contributed by atoms with E-state index < -0.39 is 0 Å². The van der Waals surface area contributed by atoms with Crippen molar-refractivity contribution in [2.75, 3.05) is 26.5 Å². The Morgan fingerprint density at radius 1 is 1.12 bits per heavy atom. The number of hydrogen-bond acceptors (Lipinski definition) is 6. The number of aromatic nitrogens is 2. The van der Waals surface area contributed by atoms with Crippen LogP contribution in [0, 0.1) is 0 Å². The fraction of sp³-hybridized carbons (Fsp3) is 0.263. The van der Waals surface area contributed by atoms with Gasteiger partial charge in [0.1, 0.15) is 17.4 Å². The van der Waals surface area contributed by atoms with Gasteiger partial charge >= 0.3 is 0 Å². The molecule has 3 N–H and O–H groups in total. The van der Waals surface area contributed by atoms with Gasteiger partial charge in [0.05, 0.1) is 31.8 Å². The minimum absolute atomic E-state index is 0.00804. The molecule has 0 amide bonds. The number of methoxy groups -OCH3 is 1. The highest BCUT2D eigenvalue weighted by Gasteiger charge is 2.18. The number of aliphatic hydroxyl groups excluding tert-OH is 1. The summed E-state index contributed by atoms with van der Waals surface area (Å²) >= 11 is 0. The van der Waals surface area contributed by atoms with Gasteiger partial charge in [0.25, 0.3) is 0 Å². The van der Waals surface area contributed by atoms with Crippen molar-refractivity contribution in [1.82, 2.24) is 14.9 Å². The van der Waals surface area contributed by atoms with Crippen LogP contribution in [-0.4, -0.2) is 40.7 Å². The molecule has 0 bridgehead atoms. The second-order valence-corrected chi connectivity index (χ2v) is 5.93. The second-order valence-electron chi connectivity index (χ2n) is 5.93. The highest BCUT2D eigenvalue weighted by atomic mass is 16.5. The van der Waals surface area contributed by atoms with Gasteiger partial charge < -0.3 is 15.6 Å². The fourth-order valence-corrected chi connectivity index (χ4v) is 2.88. The van der Waals surface area contributed by atoms with Crippen LogP contribution in [0.2, 0.25) is 0 Å². The van der Waals surface area contributed by atoms with Crippen LogP contribution in [0.25, 0.3) is 10.9 Å². The number of hydrogen-bond donors (Lipinski definition) is 2. The summed E-state index contributed by atoms with van der Waals surface area (Å²) in [6, 6.07) is 15.2. The molecule has 0 aliphatic heterocycles. The summed E-state index contributed by atoms with van der Waals surface area (Å²) in [7, 11) is 3.56. The molecule has 2 aromatic carbocycles. The average molecular weight is 338 g/mol. The molecule has 3 aromatic rings. The predicted molar refractivity (Wildman–Crippen MR) is 98.2 cm³/mol. The van der Waals surface area contributed by atoms with Crippen molar-refractivity contribution in [3.05, 3.63) is 59.9 Å². The molecule has 25 heavy (non-hydrogen) atoms. The second kappa shape index (κ2) is 7.46. The zero-order valence-electron chi connectivity index (χ0n) is 14.4. The van der Waals surface area contributed by atoms with Gasteiger partial charge in [-0.05, 0) is 36.9 Å². The quantitative estimate of drug-likeness (QED) is 0.718. The summed E-state index contributed by atoms with van der Waals surface area (Å²) < 4.78 is 5.18. The molecule has 3 rings (SSSR count). The van der Waals surface area contributed by atoms with E-state index in [9.17, 15) is 5.11 Å². The highest BCUT2D eigenvalue weighted by molar-refractivity contribution is 5.87. The third kappa shape index (κ3) is 3.70. The number of nitrogens with zero attached hydrogens (tertiary/aromatic N) is 3. The van der Waals surface area contributed by atoms with E-state index in [2.05, 4.69) is 9.97 Å². The zero-order chi connectivity index (χ0) is 17.8. The number of nitrogens with two attached hydrogens (primary N) is 1. The van der Waals surface area contributed by atoms with Crippen molar-refractivity contribution < 1.29 is 9.84 Å². The van der Waals surface area contributed by atoms with Crippen LogP contribution in [0.15, 0.2) is 48.5 Å². The van der Waals surface area contributed by atoms with E-state index >= 15 is 0 Å². The van der Waals surface area contributed by atoms with Crippen molar-refractivity contribution in [1.29, 1.82) is 0 Å². The molecule has 0 aliphatic rings. The third-order valence-electron chi connectivity index (χ3n) is 4.28. The maximum Gasteiger partial charge on any atom is 0.145 e. The molecule has 0 fully saturated rings. The number of aliphatic hydroxyl groups is 1. The minimum atomic E-state index is -0.165. The summed E-state index contributed by atoms with van der Waals surface area (Å²) in [5.41, 5.74) is 7.87. The molecular formula is C19H22N4O2. The number of benzene rings is 2. The number of fused-ring (bicyclic) bond motifs is 1. The normalized spacial score (nSPS) is 12.5. The molecule has 0 aliphatic carbocycles. The Kier molecular flexibility index (Phi) is 5.11. The van der Waals surface area contributed by atoms with Gasteiger partial charge in [-0.25, -0.2) is 9.97 Å². The summed E-state index contributed by atoms with van der Waals surface area (Å²) in [5.74, 6) is 1.89. The molecule has 1 unspecified atom stereocenters. The van der Waals surface area contributed by atoms with Crippen molar-refractivity contribution in [3.8, 4) is 5.75 Å². The molecule has 1 atom stereocenters. The molecule has 1 heterocycles. The molecule has 130 valence electrons.